The van der Waals surface area contributed by atoms with Crippen LogP contribution in [-0.4, -0.2) is 42.2 Å². The van der Waals surface area contributed by atoms with Crippen LogP contribution in [0.3, 0.4) is 0 Å². The van der Waals surface area contributed by atoms with E-state index in [-0.39, 0.29) is 17.0 Å². The summed E-state index contributed by atoms with van der Waals surface area (Å²) in [5.74, 6) is 0.698. The second-order valence-corrected chi connectivity index (χ2v) is 11.2. The van der Waals surface area contributed by atoms with Crippen molar-refractivity contribution in [3.63, 3.8) is 0 Å². The summed E-state index contributed by atoms with van der Waals surface area (Å²) in [5.41, 5.74) is 2.51. The van der Waals surface area contributed by atoms with Crippen molar-refractivity contribution in [2.45, 2.75) is 69.4 Å². The van der Waals surface area contributed by atoms with E-state index >= 15 is 0 Å². The first-order chi connectivity index (χ1) is 14.7. The maximum Gasteiger partial charge on any atom is 0.244 e. The summed E-state index contributed by atoms with van der Waals surface area (Å²) in [6, 6.07) is 5.05. The Kier molecular flexibility index (Phi) is 6.13. The Bertz CT molecular complexity index is 1190. The third kappa shape index (κ3) is 4.37. The van der Waals surface area contributed by atoms with Crippen LogP contribution in [0.2, 0.25) is 0 Å². The van der Waals surface area contributed by atoms with Crippen molar-refractivity contribution >= 4 is 26.3 Å². The number of nitrogens with one attached hydrogen (secondary N) is 1. The number of aliphatic hydroxyl groups is 1. The number of aliphatic hydroxyl groups excluding tert-OH is 1. The molecule has 168 valence electrons. The molecule has 0 amide bonds. The first-order valence-corrected chi connectivity index (χ1v) is 12.9. The number of hydrogen-bond acceptors (Lipinski definition) is 6. The van der Waals surface area contributed by atoms with Gasteiger partial charge in [0.1, 0.15) is 10.6 Å². The minimum Gasteiger partial charge on any atom is -0.495 e. The van der Waals surface area contributed by atoms with Crippen LogP contribution in [0.15, 0.2) is 29.3 Å². The number of benzene rings is 1. The number of imidazole rings is 1. The fraction of sp³-hybridized carbons (Fsp3) is 0.500. The normalized spacial score (nSPS) is 19.9. The zero-order valence-electron chi connectivity index (χ0n) is 18.3. The average molecular weight is 464 g/mol. The lowest BCUT2D eigenvalue weighted by Gasteiger charge is -2.26. The molecule has 3 aromatic rings. The number of thiazole rings is 1. The van der Waals surface area contributed by atoms with Crippen molar-refractivity contribution in [3.8, 4) is 17.0 Å². The van der Waals surface area contributed by atoms with Gasteiger partial charge < -0.3 is 9.84 Å². The number of ether oxygens (including phenoxy) is 1. The van der Waals surface area contributed by atoms with Gasteiger partial charge in [-0.25, -0.2) is 18.1 Å². The molecular weight excluding hydrogens is 434 g/mol. The Balaban J connectivity index is 1.74. The van der Waals surface area contributed by atoms with E-state index in [1.165, 1.54) is 12.0 Å². The summed E-state index contributed by atoms with van der Waals surface area (Å²) in [5, 5.41) is 9.71. The van der Waals surface area contributed by atoms with Crippen LogP contribution in [0.25, 0.3) is 16.2 Å². The zero-order valence-corrected chi connectivity index (χ0v) is 19.9. The molecule has 2 heterocycles. The summed E-state index contributed by atoms with van der Waals surface area (Å²) in [6.07, 6.45) is 4.20. The molecule has 2 N–H and O–H groups in total. The molecule has 9 heteroatoms. The molecular formula is C22H29N3O4S2. The highest BCUT2D eigenvalue weighted by molar-refractivity contribution is 7.89. The van der Waals surface area contributed by atoms with Gasteiger partial charge in [0, 0.05) is 22.7 Å². The SMILES string of the molecule is COc1ccc(-c2c(C)nc3sc(C(C)C)cn23)cc1S(=O)(=O)N[C@H]1CC[C@@H](O)CC1. The van der Waals surface area contributed by atoms with Gasteiger partial charge in [0.15, 0.2) is 4.96 Å². The van der Waals surface area contributed by atoms with Crippen LogP contribution >= 0.6 is 11.3 Å². The number of fused-ring (bicyclic) bond motifs is 1. The van der Waals surface area contributed by atoms with Crippen LogP contribution in [0.1, 0.15) is 56.0 Å². The smallest absolute Gasteiger partial charge is 0.244 e. The Hall–Kier alpha value is -1.94. The van der Waals surface area contributed by atoms with Crippen molar-refractivity contribution in [2.24, 2.45) is 0 Å². The van der Waals surface area contributed by atoms with E-state index in [1.54, 1.807) is 23.5 Å². The lowest BCUT2D eigenvalue weighted by Crippen LogP contribution is -2.38. The summed E-state index contributed by atoms with van der Waals surface area (Å²) in [6.45, 7) is 6.23. The Labute approximate surface area is 187 Å². The quantitative estimate of drug-likeness (QED) is 0.574. The number of hydrogen-bond donors (Lipinski definition) is 2. The number of nitrogens with zero attached hydrogens (tertiary/aromatic N) is 2. The zero-order chi connectivity index (χ0) is 22.3. The Morgan fingerprint density at radius 2 is 1.97 bits per heavy atom. The molecule has 1 aliphatic rings. The minimum atomic E-state index is -3.79. The average Bonchev–Trinajstić information content (AvgIpc) is 3.26. The molecule has 2 aromatic heterocycles. The van der Waals surface area contributed by atoms with Gasteiger partial charge in [-0.2, -0.15) is 0 Å². The fourth-order valence-corrected chi connectivity index (χ4v) is 6.63. The van der Waals surface area contributed by atoms with Crippen molar-refractivity contribution < 1.29 is 18.3 Å². The lowest BCUT2D eigenvalue weighted by atomic mass is 9.94. The number of aryl methyl sites for hydroxylation is 1. The molecule has 7 nitrogen and oxygen atoms in total. The van der Waals surface area contributed by atoms with Gasteiger partial charge >= 0.3 is 0 Å². The number of rotatable bonds is 6. The molecule has 0 spiro atoms. The Morgan fingerprint density at radius 1 is 1.26 bits per heavy atom. The predicted octanol–water partition coefficient (Wildman–Crippen LogP) is 4.09. The van der Waals surface area contributed by atoms with Crippen LogP contribution in [0, 0.1) is 6.92 Å². The highest BCUT2D eigenvalue weighted by Gasteiger charge is 2.28. The van der Waals surface area contributed by atoms with Crippen LogP contribution in [0.5, 0.6) is 5.75 Å². The van der Waals surface area contributed by atoms with Crippen LogP contribution < -0.4 is 9.46 Å². The first-order valence-electron chi connectivity index (χ1n) is 10.6. The van der Waals surface area contributed by atoms with Gasteiger partial charge in [0.2, 0.25) is 10.0 Å². The molecule has 0 bridgehead atoms. The second kappa shape index (κ2) is 8.54. The highest BCUT2D eigenvalue weighted by atomic mass is 32.2. The lowest BCUT2D eigenvalue weighted by molar-refractivity contribution is 0.120. The van der Waals surface area contributed by atoms with Crippen molar-refractivity contribution in [1.82, 2.24) is 14.1 Å². The van der Waals surface area contributed by atoms with Gasteiger partial charge in [-0.05, 0) is 56.7 Å². The number of aromatic nitrogens is 2. The van der Waals surface area contributed by atoms with Gasteiger partial charge in [-0.15, -0.1) is 11.3 Å². The predicted molar refractivity (Wildman–Crippen MR) is 122 cm³/mol. The van der Waals surface area contributed by atoms with Crippen molar-refractivity contribution in [2.75, 3.05) is 7.11 Å². The molecule has 4 rings (SSSR count). The van der Waals surface area contributed by atoms with E-state index in [9.17, 15) is 13.5 Å². The van der Waals surface area contributed by atoms with Crippen LogP contribution in [-0.2, 0) is 10.0 Å². The number of methoxy groups -OCH3 is 1. The summed E-state index contributed by atoms with van der Waals surface area (Å²) >= 11 is 1.65. The first kappa shape index (κ1) is 22.3. The summed E-state index contributed by atoms with van der Waals surface area (Å²) < 4.78 is 36.7. The summed E-state index contributed by atoms with van der Waals surface area (Å²) in [4.78, 5) is 6.93. The maximum absolute atomic E-state index is 13.3. The molecule has 0 aliphatic heterocycles. The topological polar surface area (TPSA) is 92.9 Å². The molecule has 1 aliphatic carbocycles. The van der Waals surface area contributed by atoms with Gasteiger partial charge in [-0.3, -0.25) is 4.40 Å². The Morgan fingerprint density at radius 3 is 2.61 bits per heavy atom. The van der Waals surface area contributed by atoms with E-state index in [4.69, 9.17) is 4.74 Å². The van der Waals surface area contributed by atoms with Gasteiger partial charge in [0.25, 0.3) is 0 Å². The van der Waals surface area contributed by atoms with E-state index in [0.29, 0.717) is 37.4 Å². The maximum atomic E-state index is 13.3. The minimum absolute atomic E-state index is 0.118. The highest BCUT2D eigenvalue weighted by Crippen LogP contribution is 2.35. The van der Waals surface area contributed by atoms with Crippen molar-refractivity contribution in [1.29, 1.82) is 0 Å². The molecule has 0 unspecified atom stereocenters. The third-order valence-corrected chi connectivity index (χ3v) is 8.66. The summed E-state index contributed by atoms with van der Waals surface area (Å²) in [7, 11) is -2.32. The standard InChI is InChI=1S/C22H29N3O4S2/c1-13(2)19-12-25-21(14(3)23-22(25)30-19)15-5-10-18(29-4)20(11-15)31(27,28)24-16-6-8-17(26)9-7-16/h5,10-13,16-17,24,26H,6-9H2,1-4H3/t16-,17+. The van der Waals surface area contributed by atoms with E-state index in [1.807, 2.05) is 17.4 Å². The van der Waals surface area contributed by atoms with Crippen LogP contribution in [0.4, 0.5) is 0 Å². The fourth-order valence-electron chi connectivity index (χ4n) is 4.10. The largest absolute Gasteiger partial charge is 0.495 e. The van der Waals surface area contributed by atoms with Gasteiger partial charge in [0.05, 0.1) is 24.6 Å². The van der Waals surface area contributed by atoms with E-state index in [2.05, 4.69) is 29.8 Å². The molecule has 1 aromatic carbocycles. The van der Waals surface area contributed by atoms with E-state index < -0.39 is 10.0 Å². The van der Waals surface area contributed by atoms with E-state index in [0.717, 1.165) is 21.9 Å². The molecule has 0 saturated heterocycles. The molecule has 0 atom stereocenters. The molecule has 1 fully saturated rings. The monoisotopic (exact) mass is 463 g/mol. The van der Waals surface area contributed by atoms with Crippen molar-refractivity contribution in [3.05, 3.63) is 35.0 Å². The molecule has 0 radical (unpaired) electrons. The number of sulfonamides is 1. The molecule has 31 heavy (non-hydrogen) atoms. The second-order valence-electron chi connectivity index (χ2n) is 8.48. The third-order valence-electron chi connectivity index (χ3n) is 5.83. The van der Waals surface area contributed by atoms with Gasteiger partial charge in [-0.1, -0.05) is 13.8 Å². The molecule has 1 saturated carbocycles.